The average molecular weight is 360 g/mol. The van der Waals surface area contributed by atoms with Crippen LogP contribution >= 0.6 is 15.9 Å². The molecule has 1 aromatic heterocycles. The Hall–Kier alpha value is -1.89. The molecule has 0 N–H and O–H groups in total. The third kappa shape index (κ3) is 3.24. The van der Waals surface area contributed by atoms with Gasteiger partial charge in [0.25, 0.3) is 0 Å². The highest BCUT2D eigenvalue weighted by atomic mass is 79.9. The zero-order valence-corrected chi connectivity index (χ0v) is 12.3. The molecule has 3 nitrogen and oxygen atoms in total. The molecule has 21 heavy (non-hydrogen) atoms. The Bertz CT molecular complexity index is 686. The molecule has 0 spiro atoms. The maximum absolute atomic E-state index is 12.9. The number of pyridine rings is 1. The second kappa shape index (κ2) is 5.85. The lowest BCUT2D eigenvalue weighted by molar-refractivity contribution is -0.137. The van der Waals surface area contributed by atoms with Gasteiger partial charge in [0.15, 0.2) is 5.78 Å². The second-order valence-electron chi connectivity index (χ2n) is 4.10. The van der Waals surface area contributed by atoms with E-state index in [1.807, 2.05) is 0 Å². The van der Waals surface area contributed by atoms with Crippen LogP contribution in [0.4, 0.5) is 13.2 Å². The third-order valence-corrected chi connectivity index (χ3v) is 3.40. The van der Waals surface area contributed by atoms with Crippen molar-refractivity contribution in [1.29, 1.82) is 0 Å². The molecule has 0 saturated carbocycles. The van der Waals surface area contributed by atoms with Gasteiger partial charge in [-0.15, -0.1) is 0 Å². The number of alkyl halides is 3. The summed E-state index contributed by atoms with van der Waals surface area (Å²) in [5.74, 6) is -0.271. The van der Waals surface area contributed by atoms with E-state index < -0.39 is 23.1 Å². The molecule has 0 atom stereocenters. The summed E-state index contributed by atoms with van der Waals surface area (Å²) in [6, 6.07) is 5.10. The van der Waals surface area contributed by atoms with Crippen LogP contribution in [0.25, 0.3) is 0 Å². The number of carbonyl (C=O) groups excluding carboxylic acids is 1. The topological polar surface area (TPSA) is 39.2 Å². The van der Waals surface area contributed by atoms with Crippen molar-refractivity contribution in [2.75, 3.05) is 7.11 Å². The summed E-state index contributed by atoms with van der Waals surface area (Å²) >= 11 is 3.19. The van der Waals surface area contributed by atoms with Crippen LogP contribution in [0.2, 0.25) is 0 Å². The molecule has 0 fully saturated rings. The Morgan fingerprint density at radius 1 is 1.29 bits per heavy atom. The largest absolute Gasteiger partial charge is 0.496 e. The van der Waals surface area contributed by atoms with Crippen molar-refractivity contribution < 1.29 is 22.7 Å². The quantitative estimate of drug-likeness (QED) is 0.774. The van der Waals surface area contributed by atoms with Crippen molar-refractivity contribution in [1.82, 2.24) is 4.98 Å². The molecule has 7 heteroatoms. The molecule has 0 aliphatic rings. The fourth-order valence-electron chi connectivity index (χ4n) is 1.79. The average Bonchev–Trinajstić information content (AvgIpc) is 2.45. The highest BCUT2D eigenvalue weighted by Crippen LogP contribution is 2.33. The number of ketones is 1. The lowest BCUT2D eigenvalue weighted by Crippen LogP contribution is -2.14. The van der Waals surface area contributed by atoms with Crippen LogP contribution in [-0.2, 0) is 6.18 Å². The highest BCUT2D eigenvalue weighted by Gasteiger charge is 2.35. The highest BCUT2D eigenvalue weighted by molar-refractivity contribution is 9.10. The van der Waals surface area contributed by atoms with E-state index in [1.165, 1.54) is 25.3 Å². The number of hydrogen-bond donors (Lipinski definition) is 0. The van der Waals surface area contributed by atoms with Crippen LogP contribution < -0.4 is 4.74 Å². The molecule has 1 aromatic carbocycles. The van der Waals surface area contributed by atoms with Gasteiger partial charge in [0.05, 0.1) is 22.7 Å². The van der Waals surface area contributed by atoms with Crippen molar-refractivity contribution >= 4 is 21.7 Å². The molecule has 0 radical (unpaired) electrons. The molecule has 2 aromatic rings. The van der Waals surface area contributed by atoms with Gasteiger partial charge in [-0.05, 0) is 40.2 Å². The van der Waals surface area contributed by atoms with Gasteiger partial charge in [-0.2, -0.15) is 13.2 Å². The lowest BCUT2D eigenvalue weighted by atomic mass is 10.00. The first-order chi connectivity index (χ1) is 9.84. The van der Waals surface area contributed by atoms with E-state index in [-0.39, 0.29) is 5.56 Å². The van der Waals surface area contributed by atoms with Gasteiger partial charge in [0, 0.05) is 18.0 Å². The fraction of sp³-hybridized carbons (Fsp3) is 0.143. The fourth-order valence-corrected chi connectivity index (χ4v) is 2.33. The maximum Gasteiger partial charge on any atom is 0.417 e. The number of rotatable bonds is 3. The van der Waals surface area contributed by atoms with E-state index in [2.05, 4.69) is 20.9 Å². The zero-order valence-electron chi connectivity index (χ0n) is 10.7. The van der Waals surface area contributed by atoms with E-state index in [9.17, 15) is 18.0 Å². The van der Waals surface area contributed by atoms with Crippen LogP contribution in [0.15, 0.2) is 41.1 Å². The van der Waals surface area contributed by atoms with Crippen LogP contribution in [0, 0.1) is 0 Å². The van der Waals surface area contributed by atoms with E-state index in [0.717, 1.165) is 18.5 Å². The molecular formula is C14H9BrF3NO2. The molecule has 110 valence electrons. The normalized spacial score (nSPS) is 11.3. The Labute approximate surface area is 126 Å². The first kappa shape index (κ1) is 15.5. The molecule has 0 aliphatic carbocycles. The van der Waals surface area contributed by atoms with Crippen molar-refractivity contribution in [2.24, 2.45) is 0 Å². The van der Waals surface area contributed by atoms with Crippen LogP contribution in [0.1, 0.15) is 21.5 Å². The number of aromatic nitrogens is 1. The van der Waals surface area contributed by atoms with Gasteiger partial charge in [0.2, 0.25) is 0 Å². The summed E-state index contributed by atoms with van der Waals surface area (Å²) in [6.45, 7) is 0. The summed E-state index contributed by atoms with van der Waals surface area (Å²) in [6.07, 6.45) is -2.69. The summed E-state index contributed by atoms with van der Waals surface area (Å²) in [7, 11) is 1.45. The van der Waals surface area contributed by atoms with Crippen molar-refractivity contribution in [3.05, 3.63) is 57.8 Å². The Kier molecular flexibility index (Phi) is 4.32. The molecular weight excluding hydrogens is 351 g/mol. The Balaban J connectivity index is 2.48. The predicted molar refractivity (Wildman–Crippen MR) is 73.4 cm³/mol. The summed E-state index contributed by atoms with van der Waals surface area (Å²) in [5, 5.41) is 0. The molecule has 2 rings (SSSR count). The molecule has 0 aliphatic heterocycles. The Morgan fingerprint density at radius 2 is 2.00 bits per heavy atom. The number of halogens is 4. The minimum atomic E-state index is -4.61. The van der Waals surface area contributed by atoms with Gasteiger partial charge >= 0.3 is 6.18 Å². The van der Waals surface area contributed by atoms with Crippen LogP contribution in [0.3, 0.4) is 0 Å². The maximum atomic E-state index is 12.9. The molecule has 0 unspecified atom stereocenters. The molecule has 1 heterocycles. The van der Waals surface area contributed by atoms with Gasteiger partial charge in [-0.3, -0.25) is 9.78 Å². The Morgan fingerprint density at radius 3 is 2.57 bits per heavy atom. The molecule has 0 amide bonds. The predicted octanol–water partition coefficient (Wildman–Crippen LogP) is 4.10. The number of benzene rings is 1. The summed E-state index contributed by atoms with van der Waals surface area (Å²) < 4.78 is 44.2. The van der Waals surface area contributed by atoms with E-state index >= 15 is 0 Å². The van der Waals surface area contributed by atoms with Crippen molar-refractivity contribution in [2.45, 2.75) is 6.18 Å². The van der Waals surface area contributed by atoms with Gasteiger partial charge < -0.3 is 4.74 Å². The van der Waals surface area contributed by atoms with Crippen LogP contribution in [0.5, 0.6) is 5.75 Å². The summed E-state index contributed by atoms with van der Waals surface area (Å²) in [4.78, 5) is 15.9. The van der Waals surface area contributed by atoms with Crippen molar-refractivity contribution in [3.8, 4) is 5.75 Å². The number of hydrogen-bond acceptors (Lipinski definition) is 3. The number of ether oxygens (including phenoxy) is 1. The van der Waals surface area contributed by atoms with E-state index in [4.69, 9.17) is 4.74 Å². The smallest absolute Gasteiger partial charge is 0.417 e. The molecule has 0 saturated heterocycles. The first-order valence-electron chi connectivity index (χ1n) is 5.74. The summed E-state index contributed by atoms with van der Waals surface area (Å²) in [5.41, 5.74) is -1.38. The SMILES string of the molecule is COc1ccc(C(=O)c2cnccc2C(F)(F)F)cc1Br. The molecule has 0 bridgehead atoms. The minimum Gasteiger partial charge on any atom is -0.496 e. The van der Waals surface area contributed by atoms with E-state index in [1.54, 1.807) is 0 Å². The number of methoxy groups -OCH3 is 1. The van der Waals surface area contributed by atoms with Crippen molar-refractivity contribution in [3.63, 3.8) is 0 Å². The van der Waals surface area contributed by atoms with E-state index in [0.29, 0.717) is 10.2 Å². The lowest BCUT2D eigenvalue weighted by Gasteiger charge is -2.12. The first-order valence-corrected chi connectivity index (χ1v) is 6.53. The number of nitrogens with zero attached hydrogens (tertiary/aromatic N) is 1. The minimum absolute atomic E-state index is 0.112. The standard InChI is InChI=1S/C14H9BrF3NO2/c1-21-12-3-2-8(6-11(12)15)13(20)9-7-19-5-4-10(9)14(16,17)18/h2-7H,1H3. The zero-order chi connectivity index (χ0) is 15.6. The second-order valence-corrected chi connectivity index (χ2v) is 4.95. The van der Waals surface area contributed by atoms with Gasteiger partial charge in [0.1, 0.15) is 5.75 Å². The number of carbonyl (C=O) groups is 1. The third-order valence-electron chi connectivity index (χ3n) is 2.79. The van der Waals surface area contributed by atoms with Gasteiger partial charge in [-0.1, -0.05) is 0 Å². The monoisotopic (exact) mass is 359 g/mol. The van der Waals surface area contributed by atoms with Crippen LogP contribution in [-0.4, -0.2) is 17.9 Å². The van der Waals surface area contributed by atoms with Gasteiger partial charge in [-0.25, -0.2) is 0 Å².